The number of ether oxygens (including phenoxy) is 3. The van der Waals surface area contributed by atoms with Gasteiger partial charge in [-0.25, -0.2) is 0 Å². The molecule has 1 saturated heterocycles. The van der Waals surface area contributed by atoms with Crippen LogP contribution in [0.25, 0.3) is 0 Å². The quantitative estimate of drug-likeness (QED) is 0.0912. The maximum Gasteiger partial charge on any atom is 0.245 e. The van der Waals surface area contributed by atoms with Crippen molar-refractivity contribution in [3.05, 3.63) is 30.1 Å². The molecule has 1 aromatic heterocycles. The molecule has 0 radical (unpaired) electrons. The Labute approximate surface area is 387 Å². The monoisotopic (exact) mass is 901 g/mol. The number of amides is 4. The van der Waals surface area contributed by atoms with Crippen molar-refractivity contribution in [3.8, 4) is 0 Å². The Morgan fingerprint density at radius 1 is 0.938 bits per heavy atom. The van der Waals surface area contributed by atoms with Crippen LogP contribution in [-0.2, 0) is 44.6 Å². The van der Waals surface area contributed by atoms with Crippen LogP contribution in [-0.4, -0.2) is 145 Å². The fourth-order valence-corrected chi connectivity index (χ4v) is 9.12. The van der Waals surface area contributed by atoms with Gasteiger partial charge in [0.2, 0.25) is 23.6 Å². The summed E-state index contributed by atoms with van der Waals surface area (Å²) in [5, 5.41) is 6.19. The largest absolute Gasteiger partial charge is 0.379 e. The van der Waals surface area contributed by atoms with Gasteiger partial charge in [-0.15, -0.1) is 0 Å². The minimum absolute atomic E-state index is 0.0343. The third-order valence-electron chi connectivity index (χ3n) is 14.1. The number of ketones is 1. The van der Waals surface area contributed by atoms with Gasteiger partial charge >= 0.3 is 0 Å². The second-order valence-corrected chi connectivity index (χ2v) is 19.9. The normalized spacial score (nSPS) is 18.8. The summed E-state index contributed by atoms with van der Waals surface area (Å²) in [4.78, 5) is 78.4. The molecule has 64 heavy (non-hydrogen) atoms. The summed E-state index contributed by atoms with van der Waals surface area (Å²) in [6.07, 6.45) is 6.02. The minimum atomic E-state index is -0.827. The highest BCUT2D eigenvalue weighted by molar-refractivity contribution is 5.90. The zero-order chi connectivity index (χ0) is 48.5. The molecule has 0 saturated carbocycles. The van der Waals surface area contributed by atoms with Crippen LogP contribution in [0.1, 0.15) is 140 Å². The highest BCUT2D eigenvalue weighted by Crippen LogP contribution is 2.31. The molecule has 1 aliphatic heterocycles. The Morgan fingerprint density at radius 3 is 2.14 bits per heavy atom. The smallest absolute Gasteiger partial charge is 0.245 e. The van der Waals surface area contributed by atoms with Crippen molar-refractivity contribution in [1.29, 1.82) is 0 Å². The molecule has 0 spiro atoms. The third kappa shape index (κ3) is 16.2. The van der Waals surface area contributed by atoms with Crippen LogP contribution in [0.3, 0.4) is 0 Å². The summed E-state index contributed by atoms with van der Waals surface area (Å²) in [5.41, 5.74) is 0.0571. The van der Waals surface area contributed by atoms with Crippen LogP contribution >= 0.6 is 0 Å². The van der Waals surface area contributed by atoms with Gasteiger partial charge in [0.15, 0.2) is 0 Å². The topological polar surface area (TPSA) is 160 Å². The summed E-state index contributed by atoms with van der Waals surface area (Å²) < 4.78 is 18.4. The third-order valence-corrected chi connectivity index (χ3v) is 14.1. The molecule has 0 aliphatic carbocycles. The average molecular weight is 901 g/mol. The predicted octanol–water partition coefficient (Wildman–Crippen LogP) is 6.48. The lowest BCUT2D eigenvalue weighted by Crippen LogP contribution is -2.61. The van der Waals surface area contributed by atoms with Crippen LogP contribution in [0.4, 0.5) is 0 Å². The number of likely N-dealkylation sites (tertiary alicyclic amines) is 1. The molecule has 366 valence electrons. The highest BCUT2D eigenvalue weighted by Gasteiger charge is 2.44. The van der Waals surface area contributed by atoms with Gasteiger partial charge in [-0.05, 0) is 96.7 Å². The fourth-order valence-electron chi connectivity index (χ4n) is 9.12. The van der Waals surface area contributed by atoms with E-state index in [0.29, 0.717) is 51.8 Å². The van der Waals surface area contributed by atoms with Crippen molar-refractivity contribution in [3.63, 3.8) is 0 Å². The number of hydrogen-bond donors (Lipinski definition) is 2. The number of Topliss-reactive ketones (excluding diaryl/α,β-unsaturated/α-hetero) is 1. The number of rotatable bonds is 29. The summed E-state index contributed by atoms with van der Waals surface area (Å²) in [6.45, 7) is 25.2. The number of nitrogens with one attached hydrogen (secondary N) is 2. The highest BCUT2D eigenvalue weighted by atomic mass is 16.5. The molecule has 14 heteroatoms. The molecule has 14 nitrogen and oxygen atoms in total. The van der Waals surface area contributed by atoms with Gasteiger partial charge in [-0.1, -0.05) is 67.9 Å². The number of pyridine rings is 1. The molecule has 5 unspecified atom stereocenters. The maximum atomic E-state index is 14.7. The van der Waals surface area contributed by atoms with Crippen LogP contribution in [0.15, 0.2) is 24.4 Å². The van der Waals surface area contributed by atoms with E-state index in [2.05, 4.69) is 62.1 Å². The van der Waals surface area contributed by atoms with Gasteiger partial charge in [0.1, 0.15) is 11.8 Å². The number of carbonyl (C=O) groups excluding carboxylic acids is 5. The van der Waals surface area contributed by atoms with E-state index in [9.17, 15) is 24.0 Å². The van der Waals surface area contributed by atoms with E-state index in [0.717, 1.165) is 25.0 Å². The number of methoxy groups -OCH3 is 2. The molecule has 0 aromatic carbocycles. The zero-order valence-corrected chi connectivity index (χ0v) is 42.6. The Kier molecular flexibility index (Phi) is 23.6. The number of hydrogen-bond acceptors (Lipinski definition) is 10. The van der Waals surface area contributed by atoms with Gasteiger partial charge in [-0.2, -0.15) is 0 Å². The van der Waals surface area contributed by atoms with E-state index in [1.807, 2.05) is 64.8 Å². The SMILES string of the molecule is CC[C@H](C)[C@@H](C(CC(=O)N1CCCC1C(OC)[C@@H](C)C(=O)NCCc1ccccn1)OC)N(C)C(=O)[C@@H](NC(=O)C(C(C)C)N(C)C(C)(C)CCOC(C)(CC)CCC(C)=O)C(C)C. The first-order chi connectivity index (χ1) is 30.0. The molecule has 0 bridgehead atoms. The second kappa shape index (κ2) is 26.6. The van der Waals surface area contributed by atoms with Crippen LogP contribution in [0, 0.1) is 23.7 Å². The number of likely N-dealkylation sites (N-methyl/N-ethyl adjacent to an activating group) is 2. The second-order valence-electron chi connectivity index (χ2n) is 19.9. The number of carbonyl (C=O) groups is 5. The van der Waals surface area contributed by atoms with Crippen LogP contribution < -0.4 is 10.6 Å². The Bertz CT molecular complexity index is 1610. The lowest BCUT2D eigenvalue weighted by molar-refractivity contribution is -0.148. The van der Waals surface area contributed by atoms with E-state index in [1.165, 1.54) is 0 Å². The predicted molar refractivity (Wildman–Crippen MR) is 253 cm³/mol. The molecular formula is C50H88N6O8. The van der Waals surface area contributed by atoms with E-state index in [1.54, 1.807) is 39.3 Å². The van der Waals surface area contributed by atoms with E-state index in [-0.39, 0.29) is 59.6 Å². The Hall–Kier alpha value is -3.46. The Balaban J connectivity index is 2.24. The molecule has 2 rings (SSSR count). The summed E-state index contributed by atoms with van der Waals surface area (Å²) >= 11 is 0. The number of nitrogens with zero attached hydrogens (tertiary/aromatic N) is 4. The lowest BCUT2D eigenvalue weighted by Gasteiger charge is -2.44. The molecule has 1 aliphatic rings. The van der Waals surface area contributed by atoms with Crippen molar-refractivity contribution in [2.75, 3.05) is 48.0 Å². The molecule has 1 aromatic rings. The molecule has 2 heterocycles. The summed E-state index contributed by atoms with van der Waals surface area (Å²) in [5.74, 6) is -1.43. The van der Waals surface area contributed by atoms with Gasteiger partial charge in [0.05, 0.1) is 48.3 Å². The van der Waals surface area contributed by atoms with Gasteiger partial charge in [0, 0.05) is 71.2 Å². The fraction of sp³-hybridized carbons (Fsp3) is 0.800. The zero-order valence-electron chi connectivity index (χ0n) is 42.6. The van der Waals surface area contributed by atoms with E-state index in [4.69, 9.17) is 14.2 Å². The molecular weight excluding hydrogens is 813 g/mol. The molecule has 2 N–H and O–H groups in total. The number of aromatic nitrogens is 1. The molecule has 1 fully saturated rings. The van der Waals surface area contributed by atoms with Crippen molar-refractivity contribution in [2.24, 2.45) is 23.7 Å². The van der Waals surface area contributed by atoms with Gasteiger partial charge in [0.25, 0.3) is 0 Å². The van der Waals surface area contributed by atoms with Crippen LogP contribution in [0.2, 0.25) is 0 Å². The summed E-state index contributed by atoms with van der Waals surface area (Å²) in [6, 6.07) is 3.57. The van der Waals surface area contributed by atoms with E-state index < -0.39 is 47.4 Å². The lowest BCUT2D eigenvalue weighted by atomic mass is 9.89. The minimum Gasteiger partial charge on any atom is -0.379 e. The molecule has 4 amide bonds. The van der Waals surface area contributed by atoms with E-state index >= 15 is 0 Å². The average Bonchev–Trinajstić information content (AvgIpc) is 3.74. The van der Waals surface area contributed by atoms with Crippen molar-refractivity contribution in [1.82, 2.24) is 30.3 Å². The van der Waals surface area contributed by atoms with Gasteiger partial charge < -0.3 is 39.4 Å². The van der Waals surface area contributed by atoms with Crippen molar-refractivity contribution < 1.29 is 38.2 Å². The first-order valence-corrected chi connectivity index (χ1v) is 24.0. The first kappa shape index (κ1) is 56.7. The standard InChI is InChI=1S/C50H88N6O8/c1-17-35(7)44(40(62-15)32-41(58)56-30-21-23-39(56)45(63-16)37(9)46(59)52-29-25-38-22-19-20-28-51-38)54(13)48(61)42(33(3)4)53-47(60)43(34(5)6)55(14)49(10,11)27-31-64-50(12,18-2)26-24-36(8)57/h19-20,22,28,33-35,37,39-40,42-45H,17-18,21,23-27,29-32H2,1-16H3,(H,52,59)(H,53,60)/t35-,37+,39?,40?,42-,43?,44-,45?,50?/m0/s1. The summed E-state index contributed by atoms with van der Waals surface area (Å²) in [7, 11) is 6.87. The van der Waals surface area contributed by atoms with Crippen molar-refractivity contribution >= 4 is 29.4 Å². The maximum absolute atomic E-state index is 14.7. The molecule has 9 atom stereocenters. The van der Waals surface area contributed by atoms with Crippen molar-refractivity contribution in [2.45, 2.75) is 188 Å². The van der Waals surface area contributed by atoms with Gasteiger partial charge in [-0.3, -0.25) is 29.1 Å². The Morgan fingerprint density at radius 2 is 1.61 bits per heavy atom. The first-order valence-electron chi connectivity index (χ1n) is 24.0. The van der Waals surface area contributed by atoms with Crippen LogP contribution in [0.5, 0.6) is 0 Å².